The highest BCUT2D eigenvalue weighted by Gasteiger charge is 2.63. The zero-order chi connectivity index (χ0) is 16.9. The number of amides is 1. The van der Waals surface area contributed by atoms with E-state index in [-0.39, 0.29) is 17.4 Å². The van der Waals surface area contributed by atoms with E-state index < -0.39 is 23.7 Å². The predicted octanol–water partition coefficient (Wildman–Crippen LogP) is 0.719. The molecule has 0 aromatic rings. The lowest BCUT2D eigenvalue weighted by atomic mass is 9.46. The zero-order valence-electron chi connectivity index (χ0n) is 13.9. The van der Waals surface area contributed by atoms with Crippen molar-refractivity contribution in [3.05, 3.63) is 0 Å². The minimum Gasteiger partial charge on any atom is -0.480 e. The highest BCUT2D eigenvalue weighted by atomic mass is 16.4. The van der Waals surface area contributed by atoms with Gasteiger partial charge < -0.3 is 20.8 Å². The molecule has 4 N–H and O–H groups in total. The Labute approximate surface area is 141 Å². The Kier molecular flexibility index (Phi) is 2.85. The van der Waals surface area contributed by atoms with Gasteiger partial charge in [0.1, 0.15) is 6.04 Å². The number of fused-ring (bicyclic) bond motifs is 1. The molecule has 6 fully saturated rings. The average Bonchev–Trinajstić information content (AvgIpc) is 3.13. The smallest absolute Gasteiger partial charge is 0.326 e. The molecule has 24 heavy (non-hydrogen) atoms. The molecule has 6 aliphatic rings. The Morgan fingerprint density at radius 3 is 2.33 bits per heavy atom. The maximum atomic E-state index is 13.2. The van der Waals surface area contributed by atoms with Crippen molar-refractivity contribution < 1.29 is 19.8 Å². The molecule has 0 radical (unpaired) electrons. The largest absolute Gasteiger partial charge is 0.480 e. The number of carbonyl (C=O) groups is 2. The highest BCUT2D eigenvalue weighted by molar-refractivity contribution is 5.89. The van der Waals surface area contributed by atoms with Crippen molar-refractivity contribution in [2.24, 2.45) is 28.9 Å². The van der Waals surface area contributed by atoms with Gasteiger partial charge in [-0.1, -0.05) is 0 Å². The predicted molar refractivity (Wildman–Crippen MR) is 84.8 cm³/mol. The van der Waals surface area contributed by atoms with Gasteiger partial charge in [0, 0.05) is 6.04 Å². The molecule has 4 bridgehead atoms. The van der Waals surface area contributed by atoms with Gasteiger partial charge in [0.25, 0.3) is 0 Å². The summed E-state index contributed by atoms with van der Waals surface area (Å²) in [4.78, 5) is 26.3. The van der Waals surface area contributed by atoms with Crippen molar-refractivity contribution in [2.75, 3.05) is 0 Å². The van der Waals surface area contributed by atoms with Crippen LogP contribution in [0.15, 0.2) is 0 Å². The van der Waals surface area contributed by atoms with Crippen LogP contribution in [0.25, 0.3) is 0 Å². The van der Waals surface area contributed by atoms with E-state index in [9.17, 15) is 19.8 Å². The molecule has 1 amide bonds. The van der Waals surface area contributed by atoms with Gasteiger partial charge in [-0.3, -0.25) is 4.79 Å². The number of piperidine rings is 1. The molecular formula is C18H26N2O4. The monoisotopic (exact) mass is 334 g/mol. The molecule has 1 aliphatic heterocycles. The third-order valence-corrected chi connectivity index (χ3v) is 7.65. The lowest BCUT2D eigenvalue weighted by Gasteiger charge is -2.61. The van der Waals surface area contributed by atoms with Gasteiger partial charge in [-0.15, -0.1) is 0 Å². The summed E-state index contributed by atoms with van der Waals surface area (Å²) < 4.78 is 0. The molecule has 132 valence electrons. The summed E-state index contributed by atoms with van der Waals surface area (Å²) in [5.74, 6) is 0.197. The van der Waals surface area contributed by atoms with Crippen LogP contribution in [0.5, 0.6) is 0 Å². The molecule has 0 aromatic heterocycles. The number of rotatable bonds is 3. The third kappa shape index (κ3) is 1.96. The summed E-state index contributed by atoms with van der Waals surface area (Å²) in [7, 11) is 0. The van der Waals surface area contributed by atoms with Crippen LogP contribution in [0.4, 0.5) is 0 Å². The van der Waals surface area contributed by atoms with Gasteiger partial charge in [-0.25, -0.2) is 4.79 Å². The van der Waals surface area contributed by atoms with Crippen LogP contribution in [0.1, 0.15) is 51.4 Å². The second kappa shape index (κ2) is 4.52. The molecule has 5 saturated carbocycles. The van der Waals surface area contributed by atoms with Gasteiger partial charge >= 0.3 is 5.97 Å². The molecule has 6 nitrogen and oxygen atoms in total. The van der Waals surface area contributed by atoms with Crippen molar-refractivity contribution in [3.63, 3.8) is 0 Å². The summed E-state index contributed by atoms with van der Waals surface area (Å²) in [5, 5.41) is 20.3. The first-order valence-electron chi connectivity index (χ1n) is 9.33. The Hall–Kier alpha value is -1.14. The molecule has 0 aromatic carbocycles. The maximum Gasteiger partial charge on any atom is 0.326 e. The fourth-order valence-corrected chi connectivity index (χ4v) is 7.06. The zero-order valence-corrected chi connectivity index (χ0v) is 13.9. The summed E-state index contributed by atoms with van der Waals surface area (Å²) in [6, 6.07) is -1.29. The number of carboxylic acid groups (broad SMARTS) is 1. The first-order valence-corrected chi connectivity index (χ1v) is 9.33. The maximum absolute atomic E-state index is 13.2. The van der Waals surface area contributed by atoms with Crippen LogP contribution in [0, 0.1) is 23.2 Å². The Morgan fingerprint density at radius 1 is 1.08 bits per heavy atom. The minimum absolute atomic E-state index is 0.0849. The first kappa shape index (κ1) is 15.1. The standard InChI is InChI=1S/C18H26N2O4/c19-14(15(21)20-12-2-11(12)3-13(20)16(22)23)17-4-9-1-10(5-17)7-18(24,6-9)8-17/h9-14,24H,1-8,19H2,(H,22,23)/t9?,10?,11-,12-,13-,14+,17?,18?/m0/s1. The van der Waals surface area contributed by atoms with E-state index in [1.165, 1.54) is 0 Å². The normalized spacial score (nSPS) is 52.2. The van der Waals surface area contributed by atoms with Gasteiger partial charge in [0.15, 0.2) is 0 Å². The van der Waals surface area contributed by atoms with Crippen molar-refractivity contribution in [3.8, 4) is 0 Å². The van der Waals surface area contributed by atoms with Crippen LogP contribution in [-0.2, 0) is 9.59 Å². The van der Waals surface area contributed by atoms with Gasteiger partial charge in [0.2, 0.25) is 5.91 Å². The van der Waals surface area contributed by atoms with Crippen molar-refractivity contribution in [2.45, 2.75) is 75.1 Å². The molecule has 1 heterocycles. The number of aliphatic carboxylic acids is 1. The molecule has 6 atom stereocenters. The van der Waals surface area contributed by atoms with E-state index >= 15 is 0 Å². The molecular weight excluding hydrogens is 308 g/mol. The quantitative estimate of drug-likeness (QED) is 0.705. The number of hydrogen-bond donors (Lipinski definition) is 3. The Bertz CT molecular complexity index is 606. The van der Waals surface area contributed by atoms with Crippen LogP contribution < -0.4 is 5.73 Å². The van der Waals surface area contributed by atoms with Crippen molar-refractivity contribution in [1.29, 1.82) is 0 Å². The molecule has 2 unspecified atom stereocenters. The summed E-state index contributed by atoms with van der Waals surface area (Å²) in [6.07, 6.45) is 6.77. The topological polar surface area (TPSA) is 104 Å². The van der Waals surface area contributed by atoms with Crippen LogP contribution in [0.2, 0.25) is 0 Å². The molecule has 6 rings (SSSR count). The van der Waals surface area contributed by atoms with E-state index in [4.69, 9.17) is 5.73 Å². The number of hydrogen-bond acceptors (Lipinski definition) is 4. The van der Waals surface area contributed by atoms with Crippen LogP contribution in [-0.4, -0.2) is 50.7 Å². The SMILES string of the molecule is N[C@H](C(=O)N1[C@H](C(=O)O)C[C@@H]2C[C@@H]21)C12CC3CC(CC(O)(C3)C1)C2. The van der Waals surface area contributed by atoms with Gasteiger partial charge in [-0.2, -0.15) is 0 Å². The van der Waals surface area contributed by atoms with E-state index in [2.05, 4.69) is 0 Å². The number of likely N-dealkylation sites (tertiary alicyclic amines) is 1. The molecule has 1 saturated heterocycles. The first-order chi connectivity index (χ1) is 11.3. The molecule has 0 spiro atoms. The number of nitrogens with two attached hydrogens (primary N) is 1. The lowest BCUT2D eigenvalue weighted by Crippen LogP contribution is -2.65. The number of carboxylic acids is 1. The van der Waals surface area contributed by atoms with Crippen LogP contribution in [0.3, 0.4) is 0 Å². The summed E-state index contributed by atoms with van der Waals surface area (Å²) >= 11 is 0. The second-order valence-electron chi connectivity index (χ2n) is 9.42. The summed E-state index contributed by atoms with van der Waals surface area (Å²) in [5.41, 5.74) is 5.52. The number of nitrogens with zero attached hydrogens (tertiary/aromatic N) is 1. The lowest BCUT2D eigenvalue weighted by molar-refractivity contribution is -0.179. The number of carbonyl (C=O) groups excluding carboxylic acids is 1. The number of aliphatic hydroxyl groups is 1. The second-order valence-corrected chi connectivity index (χ2v) is 9.42. The summed E-state index contributed by atoms with van der Waals surface area (Å²) in [6.45, 7) is 0. The third-order valence-electron chi connectivity index (χ3n) is 7.65. The van der Waals surface area contributed by atoms with E-state index in [1.807, 2.05) is 0 Å². The van der Waals surface area contributed by atoms with Gasteiger partial charge in [0.05, 0.1) is 11.6 Å². The van der Waals surface area contributed by atoms with Crippen molar-refractivity contribution >= 4 is 11.9 Å². The fourth-order valence-electron chi connectivity index (χ4n) is 7.06. The Balaban J connectivity index is 1.43. The van der Waals surface area contributed by atoms with Crippen molar-refractivity contribution in [1.82, 2.24) is 4.90 Å². The van der Waals surface area contributed by atoms with Crippen LogP contribution >= 0.6 is 0 Å². The Morgan fingerprint density at radius 2 is 1.75 bits per heavy atom. The van der Waals surface area contributed by atoms with E-state index in [0.717, 1.165) is 38.5 Å². The van der Waals surface area contributed by atoms with E-state index in [1.54, 1.807) is 4.90 Å². The highest BCUT2D eigenvalue weighted by Crippen LogP contribution is 2.63. The minimum atomic E-state index is -0.910. The van der Waals surface area contributed by atoms with Gasteiger partial charge in [-0.05, 0) is 74.5 Å². The molecule has 6 heteroatoms. The fraction of sp³-hybridized carbons (Fsp3) is 0.889. The molecule has 5 aliphatic carbocycles. The average molecular weight is 334 g/mol. The van der Waals surface area contributed by atoms with E-state index in [0.29, 0.717) is 30.6 Å².